The van der Waals surface area contributed by atoms with Crippen LogP contribution in [0.4, 0.5) is 11.4 Å². The molecular formula is C17H17N4O5-. The third kappa shape index (κ3) is 4.69. The normalized spacial score (nSPS) is 10.5. The van der Waals surface area contributed by atoms with E-state index in [4.69, 9.17) is 4.74 Å². The summed E-state index contributed by atoms with van der Waals surface area (Å²) in [4.78, 5) is 21.9. The standard InChI is InChI=1S/C17H18N4O5/c1-11-5-3-4-6-13(11)18-10-16(22)20-19-9-12-7-14(21(24)25)17(23)15(8-12)26-2/h3-9,18,23H,10H2,1-2H3,(H,20,22)/p-1/b19-9-. The lowest BCUT2D eigenvalue weighted by Gasteiger charge is -2.13. The summed E-state index contributed by atoms with van der Waals surface area (Å²) < 4.78 is 4.83. The van der Waals surface area contributed by atoms with Crippen LogP contribution in [0.3, 0.4) is 0 Å². The lowest BCUT2D eigenvalue weighted by Crippen LogP contribution is -2.26. The molecule has 9 nitrogen and oxygen atoms in total. The van der Waals surface area contributed by atoms with Crippen LogP contribution in [0.2, 0.25) is 0 Å². The van der Waals surface area contributed by atoms with Crippen LogP contribution in [-0.4, -0.2) is 30.7 Å². The smallest absolute Gasteiger partial charge is 0.266 e. The van der Waals surface area contributed by atoms with E-state index in [1.807, 2.05) is 31.2 Å². The summed E-state index contributed by atoms with van der Waals surface area (Å²) in [5, 5.41) is 29.3. The number of hydrogen-bond acceptors (Lipinski definition) is 7. The summed E-state index contributed by atoms with van der Waals surface area (Å²) in [6.45, 7) is 1.92. The summed E-state index contributed by atoms with van der Waals surface area (Å²) >= 11 is 0. The number of nitrogens with one attached hydrogen (secondary N) is 2. The minimum Gasteiger partial charge on any atom is -0.865 e. The lowest BCUT2D eigenvalue weighted by atomic mass is 10.2. The van der Waals surface area contributed by atoms with Gasteiger partial charge in [0.05, 0.1) is 24.8 Å². The second kappa shape index (κ2) is 8.47. The van der Waals surface area contributed by atoms with Gasteiger partial charge in [-0.25, -0.2) is 5.43 Å². The van der Waals surface area contributed by atoms with Gasteiger partial charge in [0.15, 0.2) is 0 Å². The van der Waals surface area contributed by atoms with Gasteiger partial charge in [-0.2, -0.15) is 5.10 Å². The van der Waals surface area contributed by atoms with Crippen LogP contribution in [0.25, 0.3) is 0 Å². The number of para-hydroxylation sites is 1. The first-order valence-corrected chi connectivity index (χ1v) is 7.57. The topological polar surface area (TPSA) is 129 Å². The van der Waals surface area contributed by atoms with Crippen molar-refractivity contribution in [2.24, 2.45) is 5.10 Å². The number of nitro benzene ring substituents is 1. The second-order valence-corrected chi connectivity index (χ2v) is 5.29. The van der Waals surface area contributed by atoms with Crippen molar-refractivity contribution < 1.29 is 19.6 Å². The van der Waals surface area contributed by atoms with Gasteiger partial charge >= 0.3 is 0 Å². The number of hydrazone groups is 1. The molecule has 0 spiro atoms. The fraction of sp³-hybridized carbons (Fsp3) is 0.176. The maximum absolute atomic E-state index is 11.8. The number of methoxy groups -OCH3 is 1. The third-order valence-electron chi connectivity index (χ3n) is 3.46. The van der Waals surface area contributed by atoms with Gasteiger partial charge in [-0.1, -0.05) is 18.2 Å². The molecule has 0 bridgehead atoms. The molecule has 26 heavy (non-hydrogen) atoms. The molecule has 0 radical (unpaired) electrons. The molecule has 0 aliphatic carbocycles. The van der Waals surface area contributed by atoms with Crippen LogP contribution in [0.1, 0.15) is 11.1 Å². The Balaban J connectivity index is 1.99. The fourth-order valence-electron chi connectivity index (χ4n) is 2.14. The van der Waals surface area contributed by atoms with Gasteiger partial charge in [0.1, 0.15) is 5.75 Å². The fourth-order valence-corrected chi connectivity index (χ4v) is 2.14. The van der Waals surface area contributed by atoms with Gasteiger partial charge in [0.2, 0.25) is 0 Å². The number of benzene rings is 2. The highest BCUT2D eigenvalue weighted by Gasteiger charge is 2.12. The van der Waals surface area contributed by atoms with Crippen molar-refractivity contribution in [2.45, 2.75) is 6.92 Å². The van der Waals surface area contributed by atoms with Gasteiger partial charge in [0, 0.05) is 23.1 Å². The molecule has 0 atom stereocenters. The zero-order chi connectivity index (χ0) is 19.1. The largest absolute Gasteiger partial charge is 0.865 e. The van der Waals surface area contributed by atoms with Crippen LogP contribution in [-0.2, 0) is 4.79 Å². The predicted molar refractivity (Wildman–Crippen MR) is 94.5 cm³/mol. The third-order valence-corrected chi connectivity index (χ3v) is 3.46. The maximum Gasteiger partial charge on any atom is 0.266 e. The van der Waals surface area contributed by atoms with Gasteiger partial charge in [-0.15, -0.1) is 0 Å². The van der Waals surface area contributed by atoms with Crippen molar-refractivity contribution in [3.63, 3.8) is 0 Å². The van der Waals surface area contributed by atoms with Crippen molar-refractivity contribution in [1.29, 1.82) is 0 Å². The van der Waals surface area contributed by atoms with Crippen molar-refractivity contribution in [3.05, 3.63) is 57.6 Å². The highest BCUT2D eigenvalue weighted by molar-refractivity contribution is 5.86. The molecule has 0 aromatic heterocycles. The van der Waals surface area contributed by atoms with E-state index >= 15 is 0 Å². The first kappa shape index (κ1) is 18.7. The van der Waals surface area contributed by atoms with Gasteiger partial charge in [0.25, 0.3) is 11.6 Å². The molecule has 1 amide bonds. The molecule has 0 saturated carbocycles. The molecule has 0 unspecified atom stereocenters. The van der Waals surface area contributed by atoms with Crippen molar-refractivity contribution >= 4 is 23.5 Å². The number of ether oxygens (including phenoxy) is 1. The van der Waals surface area contributed by atoms with Crippen LogP contribution >= 0.6 is 0 Å². The maximum atomic E-state index is 11.8. The van der Waals surface area contributed by atoms with E-state index in [2.05, 4.69) is 15.8 Å². The van der Waals surface area contributed by atoms with E-state index in [1.165, 1.54) is 19.4 Å². The first-order valence-electron chi connectivity index (χ1n) is 7.57. The second-order valence-electron chi connectivity index (χ2n) is 5.29. The Kier molecular flexibility index (Phi) is 6.10. The average molecular weight is 357 g/mol. The Hall–Kier alpha value is -3.62. The molecule has 0 saturated heterocycles. The van der Waals surface area contributed by atoms with Gasteiger partial charge < -0.3 is 15.2 Å². The molecule has 9 heteroatoms. The first-order chi connectivity index (χ1) is 12.4. The Bertz CT molecular complexity index is 851. The van der Waals surface area contributed by atoms with Crippen LogP contribution in [0.15, 0.2) is 41.5 Å². The molecule has 136 valence electrons. The highest BCUT2D eigenvalue weighted by Crippen LogP contribution is 2.33. The van der Waals surface area contributed by atoms with E-state index < -0.39 is 22.3 Å². The lowest BCUT2D eigenvalue weighted by molar-refractivity contribution is -0.398. The number of nitro groups is 1. The van der Waals surface area contributed by atoms with E-state index in [1.54, 1.807) is 0 Å². The molecule has 0 fully saturated rings. The number of aryl methyl sites for hydroxylation is 1. The summed E-state index contributed by atoms with van der Waals surface area (Å²) in [5.74, 6) is -1.39. The van der Waals surface area contributed by atoms with E-state index in [-0.39, 0.29) is 17.9 Å². The number of hydrogen-bond donors (Lipinski definition) is 2. The SMILES string of the molecule is COc1cc(/C=N\NC(=O)CNc2ccccc2C)cc([N+](=O)[O-])c1[O-]. The quantitative estimate of drug-likeness (QED) is 0.439. The predicted octanol–water partition coefficient (Wildman–Crippen LogP) is 1.55. The molecule has 2 rings (SSSR count). The minimum absolute atomic E-state index is 0.00512. The average Bonchev–Trinajstić information content (AvgIpc) is 2.62. The van der Waals surface area contributed by atoms with E-state index in [0.29, 0.717) is 0 Å². The molecule has 2 aromatic rings. The zero-order valence-corrected chi connectivity index (χ0v) is 14.2. The summed E-state index contributed by atoms with van der Waals surface area (Å²) in [7, 11) is 1.24. The minimum atomic E-state index is -0.818. The highest BCUT2D eigenvalue weighted by atomic mass is 16.6. The molecule has 0 aliphatic rings. The van der Waals surface area contributed by atoms with Crippen LogP contribution in [0.5, 0.6) is 11.5 Å². The summed E-state index contributed by atoms with van der Waals surface area (Å²) in [6.07, 6.45) is 1.20. The number of anilines is 1. The molecule has 2 N–H and O–H groups in total. The summed E-state index contributed by atoms with van der Waals surface area (Å²) in [5.41, 5.74) is 3.76. The number of carbonyl (C=O) groups excluding carboxylic acids is 1. The Morgan fingerprint density at radius 2 is 2.08 bits per heavy atom. The molecular weight excluding hydrogens is 340 g/mol. The number of nitrogens with zero attached hydrogens (tertiary/aromatic N) is 2. The van der Waals surface area contributed by atoms with Crippen molar-refractivity contribution in [1.82, 2.24) is 5.43 Å². The number of amides is 1. The molecule has 2 aromatic carbocycles. The molecule has 0 aliphatic heterocycles. The van der Waals surface area contributed by atoms with Gasteiger partial charge in [-0.3, -0.25) is 14.9 Å². The molecule has 0 heterocycles. The number of carbonyl (C=O) groups is 1. The Morgan fingerprint density at radius 3 is 2.73 bits per heavy atom. The zero-order valence-electron chi connectivity index (χ0n) is 14.2. The van der Waals surface area contributed by atoms with Crippen LogP contribution in [0, 0.1) is 17.0 Å². The Labute approximate surface area is 149 Å². The number of rotatable bonds is 7. The van der Waals surface area contributed by atoms with Crippen LogP contribution < -0.4 is 20.6 Å². The van der Waals surface area contributed by atoms with Gasteiger partial charge in [-0.05, 0) is 24.6 Å². The van der Waals surface area contributed by atoms with Crippen molar-refractivity contribution in [3.8, 4) is 11.5 Å². The van der Waals surface area contributed by atoms with E-state index in [0.717, 1.165) is 17.3 Å². The monoisotopic (exact) mass is 357 g/mol. The summed E-state index contributed by atoms with van der Waals surface area (Å²) in [6, 6.07) is 9.87. The Morgan fingerprint density at radius 1 is 1.35 bits per heavy atom. The van der Waals surface area contributed by atoms with E-state index in [9.17, 15) is 20.0 Å². The van der Waals surface area contributed by atoms with Crippen molar-refractivity contribution in [2.75, 3.05) is 19.0 Å².